The van der Waals surface area contributed by atoms with Gasteiger partial charge in [-0.1, -0.05) is 55.5 Å². The van der Waals surface area contributed by atoms with Gasteiger partial charge in [-0.2, -0.15) is 5.21 Å². The maximum atomic E-state index is 12.2. The molecule has 0 saturated heterocycles. The van der Waals surface area contributed by atoms with Crippen LogP contribution in [-0.4, -0.2) is 46.4 Å². The van der Waals surface area contributed by atoms with Gasteiger partial charge in [0.05, 0.1) is 6.04 Å². The van der Waals surface area contributed by atoms with E-state index in [2.05, 4.69) is 25.6 Å². The number of imidazole rings is 1. The smallest absolute Gasteiger partial charge is 0.354 e. The number of tetrazole rings is 1. The number of hydrogen-bond acceptors (Lipinski definition) is 6. The number of nitrogens with zero attached hydrogens (tertiary/aromatic N) is 5. The number of rotatable bonds is 8. The number of aryl methyl sites for hydroxylation is 1. The minimum atomic E-state index is -1.37. The highest BCUT2D eigenvalue weighted by Crippen LogP contribution is 2.33. The summed E-state index contributed by atoms with van der Waals surface area (Å²) in [7, 11) is 0. The number of aliphatic hydroxyl groups is 1. The first-order valence-electron chi connectivity index (χ1n) is 11.2. The monoisotopic (exact) mass is 460 g/mol. The summed E-state index contributed by atoms with van der Waals surface area (Å²) in [5.41, 5.74) is 2.57. The summed E-state index contributed by atoms with van der Waals surface area (Å²) in [4.78, 5) is 16.8. The summed E-state index contributed by atoms with van der Waals surface area (Å²) >= 11 is 0. The molecule has 0 aliphatic carbocycles. The summed E-state index contributed by atoms with van der Waals surface area (Å²) in [6.07, 6.45) is 1.41. The van der Waals surface area contributed by atoms with Gasteiger partial charge < -0.3 is 14.8 Å². The van der Waals surface area contributed by atoms with E-state index in [1.807, 2.05) is 62.4 Å². The maximum absolute atomic E-state index is 12.2. The molecule has 176 valence electrons. The van der Waals surface area contributed by atoms with Gasteiger partial charge in [0.2, 0.25) is 5.82 Å². The van der Waals surface area contributed by atoms with Crippen LogP contribution in [0.3, 0.4) is 0 Å². The summed E-state index contributed by atoms with van der Waals surface area (Å²) in [5.74, 6) is 0.0569. The second-order valence-electron chi connectivity index (χ2n) is 8.79. The Balaban J connectivity index is 1.76. The molecule has 4 rings (SSSR count). The molecule has 2 heterocycles. The van der Waals surface area contributed by atoms with Crippen molar-refractivity contribution in [2.45, 2.75) is 52.2 Å². The number of aromatic carboxylic acids is 1. The molecule has 0 aliphatic heterocycles. The van der Waals surface area contributed by atoms with Crippen LogP contribution in [0.5, 0.6) is 0 Å². The average molecular weight is 461 g/mol. The fraction of sp³-hybridized carbons (Fsp3) is 0.320. The molecule has 4 aromatic rings. The number of hydrogen-bond donors (Lipinski definition) is 3. The number of carboxylic acids is 1. The predicted octanol–water partition coefficient (Wildman–Crippen LogP) is 4.22. The minimum Gasteiger partial charge on any atom is -0.477 e. The minimum absolute atomic E-state index is 0.0231. The molecule has 0 aliphatic rings. The van der Waals surface area contributed by atoms with Crippen LogP contribution in [0.1, 0.15) is 67.7 Å². The molecule has 2 aromatic heterocycles. The third-order valence-electron chi connectivity index (χ3n) is 5.84. The second-order valence-corrected chi connectivity index (χ2v) is 8.79. The fourth-order valence-electron chi connectivity index (χ4n) is 4.22. The van der Waals surface area contributed by atoms with Crippen molar-refractivity contribution in [2.24, 2.45) is 0 Å². The highest BCUT2D eigenvalue weighted by atomic mass is 16.4. The molecule has 1 unspecified atom stereocenters. The molecular formula is C25H28N6O3. The van der Waals surface area contributed by atoms with Crippen LogP contribution < -0.4 is 0 Å². The highest BCUT2D eigenvalue weighted by Gasteiger charge is 2.33. The van der Waals surface area contributed by atoms with Gasteiger partial charge in [-0.05, 0) is 49.1 Å². The Morgan fingerprint density at radius 3 is 2.35 bits per heavy atom. The zero-order chi connectivity index (χ0) is 24.5. The first-order chi connectivity index (χ1) is 16.2. The van der Waals surface area contributed by atoms with E-state index in [0.717, 1.165) is 28.7 Å². The van der Waals surface area contributed by atoms with Gasteiger partial charge in [-0.3, -0.25) is 0 Å². The molecule has 0 bridgehead atoms. The number of aromatic nitrogens is 6. The Kier molecular flexibility index (Phi) is 6.30. The molecule has 0 amide bonds. The highest BCUT2D eigenvalue weighted by molar-refractivity contribution is 5.88. The number of carboxylic acid groups (broad SMARTS) is 1. The molecule has 2 aromatic carbocycles. The van der Waals surface area contributed by atoms with Crippen LogP contribution in [0.15, 0.2) is 48.5 Å². The van der Waals surface area contributed by atoms with Crippen molar-refractivity contribution in [3.8, 4) is 22.5 Å². The van der Waals surface area contributed by atoms with Crippen molar-refractivity contribution in [3.63, 3.8) is 0 Å². The molecule has 34 heavy (non-hydrogen) atoms. The number of aromatic amines is 1. The van der Waals surface area contributed by atoms with E-state index in [1.54, 1.807) is 18.4 Å². The lowest BCUT2D eigenvalue weighted by Gasteiger charge is -2.21. The largest absolute Gasteiger partial charge is 0.477 e. The van der Waals surface area contributed by atoms with E-state index >= 15 is 0 Å². The van der Waals surface area contributed by atoms with Crippen molar-refractivity contribution >= 4 is 5.97 Å². The predicted molar refractivity (Wildman–Crippen MR) is 127 cm³/mol. The molecule has 0 spiro atoms. The zero-order valence-electron chi connectivity index (χ0n) is 19.6. The van der Waals surface area contributed by atoms with Crippen molar-refractivity contribution in [3.05, 3.63) is 71.3 Å². The van der Waals surface area contributed by atoms with Crippen LogP contribution in [0.2, 0.25) is 0 Å². The lowest BCUT2D eigenvalue weighted by Crippen LogP contribution is -2.23. The average Bonchev–Trinajstić information content (AvgIpc) is 3.47. The Morgan fingerprint density at radius 1 is 1.12 bits per heavy atom. The maximum Gasteiger partial charge on any atom is 0.354 e. The lowest BCUT2D eigenvalue weighted by molar-refractivity contribution is 0.0601. The lowest BCUT2D eigenvalue weighted by atomic mass is 9.96. The van der Waals surface area contributed by atoms with Gasteiger partial charge in [0.1, 0.15) is 17.1 Å². The quantitative estimate of drug-likeness (QED) is 0.359. The summed E-state index contributed by atoms with van der Waals surface area (Å²) < 4.78 is 1.74. The molecule has 9 heteroatoms. The molecule has 0 saturated carbocycles. The van der Waals surface area contributed by atoms with Crippen LogP contribution in [0.4, 0.5) is 0 Å². The van der Waals surface area contributed by atoms with E-state index in [-0.39, 0.29) is 17.4 Å². The SMILES string of the molecule is CCCc1nc(C(C)(C)O)c(C(=O)O)n1C(C)c1ccc(-c2ccccc2-c2nn[nH]n2)cc1. The van der Waals surface area contributed by atoms with Gasteiger partial charge in [-0.15, -0.1) is 10.2 Å². The number of benzene rings is 2. The van der Waals surface area contributed by atoms with Crippen molar-refractivity contribution < 1.29 is 15.0 Å². The van der Waals surface area contributed by atoms with Gasteiger partial charge in [0.25, 0.3) is 0 Å². The van der Waals surface area contributed by atoms with E-state index in [4.69, 9.17) is 0 Å². The van der Waals surface area contributed by atoms with E-state index < -0.39 is 11.6 Å². The topological polar surface area (TPSA) is 130 Å². The third-order valence-corrected chi connectivity index (χ3v) is 5.84. The standard InChI is InChI=1S/C25H28N6O3/c1-5-8-20-26-22(25(3,4)34)21(24(32)33)31(20)15(2)16-11-13-17(14-12-16)18-9-6-7-10-19(18)23-27-29-30-28-23/h6-7,9-15,34H,5,8H2,1-4H3,(H,32,33)(H,27,28,29,30). The fourth-order valence-corrected chi connectivity index (χ4v) is 4.22. The van der Waals surface area contributed by atoms with Crippen molar-refractivity contribution in [2.75, 3.05) is 0 Å². The van der Waals surface area contributed by atoms with E-state index in [9.17, 15) is 15.0 Å². The summed E-state index contributed by atoms with van der Waals surface area (Å²) in [6, 6.07) is 15.5. The number of carbonyl (C=O) groups is 1. The van der Waals surface area contributed by atoms with Crippen LogP contribution in [-0.2, 0) is 12.0 Å². The molecule has 1 atom stereocenters. The van der Waals surface area contributed by atoms with Crippen LogP contribution >= 0.6 is 0 Å². The molecule has 9 nitrogen and oxygen atoms in total. The molecular weight excluding hydrogens is 432 g/mol. The van der Waals surface area contributed by atoms with E-state index in [0.29, 0.717) is 18.1 Å². The van der Waals surface area contributed by atoms with Gasteiger partial charge in [0.15, 0.2) is 5.69 Å². The Morgan fingerprint density at radius 2 is 1.79 bits per heavy atom. The third kappa shape index (κ3) is 4.34. The molecule has 0 radical (unpaired) electrons. The molecule has 3 N–H and O–H groups in total. The first kappa shape index (κ1) is 23.3. The summed E-state index contributed by atoms with van der Waals surface area (Å²) in [6.45, 7) is 7.08. The van der Waals surface area contributed by atoms with Gasteiger partial charge in [-0.25, -0.2) is 9.78 Å². The molecule has 0 fully saturated rings. The van der Waals surface area contributed by atoms with Crippen molar-refractivity contribution in [1.82, 2.24) is 30.2 Å². The Bertz CT molecular complexity index is 1290. The Labute approximate surface area is 197 Å². The van der Waals surface area contributed by atoms with E-state index in [1.165, 1.54) is 0 Å². The second kappa shape index (κ2) is 9.18. The Hall–Kier alpha value is -3.85. The number of H-pyrrole nitrogens is 1. The van der Waals surface area contributed by atoms with Gasteiger partial charge >= 0.3 is 5.97 Å². The zero-order valence-corrected chi connectivity index (χ0v) is 19.6. The van der Waals surface area contributed by atoms with Gasteiger partial charge in [0, 0.05) is 12.0 Å². The van der Waals surface area contributed by atoms with Crippen LogP contribution in [0.25, 0.3) is 22.5 Å². The number of nitrogens with one attached hydrogen (secondary N) is 1. The van der Waals surface area contributed by atoms with Crippen LogP contribution in [0, 0.1) is 0 Å². The normalized spacial score (nSPS) is 12.6. The summed E-state index contributed by atoms with van der Waals surface area (Å²) in [5, 5.41) is 34.9. The first-order valence-corrected chi connectivity index (χ1v) is 11.2. The van der Waals surface area contributed by atoms with Crippen molar-refractivity contribution in [1.29, 1.82) is 0 Å².